The standard InChI is InChI=1S/C12H13Br2N3/c1-2-17-8-15-6-9(17)7-16-12-10(13)4-3-5-11(12)14/h3-6,8,16H,2,7H2,1H3. The number of imidazole rings is 1. The molecule has 0 unspecified atom stereocenters. The number of hydrogen-bond donors (Lipinski definition) is 1. The van der Waals surface area contributed by atoms with Crippen LogP contribution in [-0.4, -0.2) is 9.55 Å². The number of aromatic nitrogens is 2. The fourth-order valence-corrected chi connectivity index (χ4v) is 2.90. The zero-order valence-corrected chi connectivity index (χ0v) is 12.6. The molecule has 2 aromatic rings. The van der Waals surface area contributed by atoms with Crippen molar-refractivity contribution in [3.05, 3.63) is 45.4 Å². The van der Waals surface area contributed by atoms with Gasteiger partial charge in [-0.15, -0.1) is 0 Å². The van der Waals surface area contributed by atoms with Gasteiger partial charge in [0.1, 0.15) is 0 Å². The van der Waals surface area contributed by atoms with Gasteiger partial charge in [0, 0.05) is 21.7 Å². The maximum atomic E-state index is 4.15. The smallest absolute Gasteiger partial charge is 0.0948 e. The molecule has 1 heterocycles. The third-order valence-electron chi connectivity index (χ3n) is 2.55. The van der Waals surface area contributed by atoms with Crippen LogP contribution < -0.4 is 5.32 Å². The van der Waals surface area contributed by atoms with E-state index in [0.29, 0.717) is 0 Å². The Morgan fingerprint density at radius 1 is 1.29 bits per heavy atom. The summed E-state index contributed by atoms with van der Waals surface area (Å²) in [5.41, 5.74) is 2.24. The van der Waals surface area contributed by atoms with Crippen LogP contribution in [0.2, 0.25) is 0 Å². The van der Waals surface area contributed by atoms with Crippen LogP contribution in [0.1, 0.15) is 12.6 Å². The molecule has 0 aliphatic carbocycles. The van der Waals surface area contributed by atoms with Crippen LogP contribution >= 0.6 is 31.9 Å². The third-order valence-corrected chi connectivity index (χ3v) is 3.87. The van der Waals surface area contributed by atoms with Gasteiger partial charge in [0.2, 0.25) is 0 Å². The first kappa shape index (κ1) is 12.6. The van der Waals surface area contributed by atoms with Crippen LogP contribution in [-0.2, 0) is 13.1 Å². The van der Waals surface area contributed by atoms with Gasteiger partial charge in [0.15, 0.2) is 0 Å². The van der Waals surface area contributed by atoms with Gasteiger partial charge in [-0.25, -0.2) is 4.98 Å². The molecule has 1 aromatic carbocycles. The summed E-state index contributed by atoms with van der Waals surface area (Å²) in [5, 5.41) is 3.40. The summed E-state index contributed by atoms with van der Waals surface area (Å²) in [5.74, 6) is 0. The van der Waals surface area contributed by atoms with Crippen molar-refractivity contribution in [2.24, 2.45) is 0 Å². The Morgan fingerprint density at radius 3 is 2.65 bits per heavy atom. The van der Waals surface area contributed by atoms with Crippen molar-refractivity contribution in [1.82, 2.24) is 9.55 Å². The number of para-hydroxylation sites is 1. The van der Waals surface area contributed by atoms with E-state index in [-0.39, 0.29) is 0 Å². The number of halogens is 2. The summed E-state index contributed by atoms with van der Waals surface area (Å²) in [4.78, 5) is 4.15. The molecule has 0 fully saturated rings. The van der Waals surface area contributed by atoms with Crippen LogP contribution in [0.4, 0.5) is 5.69 Å². The molecule has 2 rings (SSSR count). The molecular weight excluding hydrogens is 346 g/mol. The normalized spacial score (nSPS) is 10.5. The molecule has 17 heavy (non-hydrogen) atoms. The minimum Gasteiger partial charge on any atom is -0.378 e. The highest BCUT2D eigenvalue weighted by Gasteiger charge is 2.05. The summed E-state index contributed by atoms with van der Waals surface area (Å²) in [6, 6.07) is 6.03. The van der Waals surface area contributed by atoms with E-state index < -0.39 is 0 Å². The Kier molecular flexibility index (Phi) is 4.23. The second-order valence-electron chi connectivity index (χ2n) is 3.62. The van der Waals surface area contributed by atoms with Crippen LogP contribution in [0.3, 0.4) is 0 Å². The van der Waals surface area contributed by atoms with Crippen LogP contribution in [0.15, 0.2) is 39.7 Å². The molecule has 0 amide bonds. The number of benzene rings is 1. The molecule has 0 aliphatic rings. The van der Waals surface area contributed by atoms with Crippen molar-refractivity contribution in [2.45, 2.75) is 20.0 Å². The van der Waals surface area contributed by atoms with E-state index in [4.69, 9.17) is 0 Å². The number of aryl methyl sites for hydroxylation is 1. The highest BCUT2D eigenvalue weighted by atomic mass is 79.9. The van der Waals surface area contributed by atoms with Crippen molar-refractivity contribution in [2.75, 3.05) is 5.32 Å². The van der Waals surface area contributed by atoms with Gasteiger partial charge in [-0.05, 0) is 50.9 Å². The second kappa shape index (κ2) is 5.69. The lowest BCUT2D eigenvalue weighted by Gasteiger charge is -2.11. The number of hydrogen-bond acceptors (Lipinski definition) is 2. The molecule has 3 nitrogen and oxygen atoms in total. The van der Waals surface area contributed by atoms with E-state index in [1.54, 1.807) is 0 Å². The third kappa shape index (κ3) is 2.90. The van der Waals surface area contributed by atoms with Gasteiger partial charge in [0.05, 0.1) is 24.3 Å². The van der Waals surface area contributed by atoms with Gasteiger partial charge in [0.25, 0.3) is 0 Å². The van der Waals surface area contributed by atoms with E-state index in [0.717, 1.165) is 27.7 Å². The average Bonchev–Trinajstić information content (AvgIpc) is 2.76. The zero-order chi connectivity index (χ0) is 12.3. The van der Waals surface area contributed by atoms with Gasteiger partial charge in [-0.3, -0.25) is 0 Å². The van der Waals surface area contributed by atoms with E-state index in [1.165, 1.54) is 5.69 Å². The fourth-order valence-electron chi connectivity index (χ4n) is 1.63. The molecule has 90 valence electrons. The van der Waals surface area contributed by atoms with Crippen molar-refractivity contribution in [1.29, 1.82) is 0 Å². The van der Waals surface area contributed by atoms with Crippen molar-refractivity contribution in [3.63, 3.8) is 0 Å². The molecule has 0 radical (unpaired) electrons. The SMILES string of the molecule is CCn1cncc1CNc1c(Br)cccc1Br. The molecule has 0 spiro atoms. The molecule has 5 heteroatoms. The second-order valence-corrected chi connectivity index (χ2v) is 5.33. The maximum absolute atomic E-state index is 4.15. The maximum Gasteiger partial charge on any atom is 0.0948 e. The lowest BCUT2D eigenvalue weighted by atomic mass is 10.3. The van der Waals surface area contributed by atoms with Crippen molar-refractivity contribution >= 4 is 37.5 Å². The van der Waals surface area contributed by atoms with E-state index in [1.807, 2.05) is 30.7 Å². The first-order valence-corrected chi connectivity index (χ1v) is 6.98. The van der Waals surface area contributed by atoms with Crippen molar-refractivity contribution in [3.8, 4) is 0 Å². The monoisotopic (exact) mass is 357 g/mol. The van der Waals surface area contributed by atoms with E-state index in [9.17, 15) is 0 Å². The summed E-state index contributed by atoms with van der Waals surface area (Å²) in [7, 11) is 0. The molecular formula is C12H13Br2N3. The van der Waals surface area contributed by atoms with Gasteiger partial charge < -0.3 is 9.88 Å². The Balaban J connectivity index is 2.13. The first-order valence-electron chi connectivity index (χ1n) is 5.39. The molecule has 0 aliphatic heterocycles. The predicted molar refractivity (Wildman–Crippen MR) is 77.1 cm³/mol. The Morgan fingerprint density at radius 2 is 2.00 bits per heavy atom. The summed E-state index contributed by atoms with van der Waals surface area (Å²) >= 11 is 7.06. The lowest BCUT2D eigenvalue weighted by Crippen LogP contribution is -2.06. The molecule has 0 saturated heterocycles. The Hall–Kier alpha value is -0.810. The Labute approximate surface area is 118 Å². The minimum absolute atomic E-state index is 0.759. The van der Waals surface area contributed by atoms with Gasteiger partial charge in [-0.2, -0.15) is 0 Å². The minimum atomic E-state index is 0.759. The highest BCUT2D eigenvalue weighted by molar-refractivity contribution is 9.11. The summed E-state index contributed by atoms with van der Waals surface area (Å²) < 4.78 is 4.22. The van der Waals surface area contributed by atoms with Crippen molar-refractivity contribution < 1.29 is 0 Å². The zero-order valence-electron chi connectivity index (χ0n) is 9.45. The van der Waals surface area contributed by atoms with Crippen LogP contribution in [0.5, 0.6) is 0 Å². The molecule has 1 aromatic heterocycles. The topological polar surface area (TPSA) is 29.9 Å². The quantitative estimate of drug-likeness (QED) is 0.893. The molecule has 0 atom stereocenters. The number of nitrogens with zero attached hydrogens (tertiary/aromatic N) is 2. The van der Waals surface area contributed by atoms with Gasteiger partial charge >= 0.3 is 0 Å². The first-order chi connectivity index (χ1) is 8.22. The number of rotatable bonds is 4. The van der Waals surface area contributed by atoms with Crippen LogP contribution in [0.25, 0.3) is 0 Å². The largest absolute Gasteiger partial charge is 0.378 e. The lowest BCUT2D eigenvalue weighted by molar-refractivity contribution is 0.719. The number of anilines is 1. The number of nitrogens with one attached hydrogen (secondary N) is 1. The van der Waals surface area contributed by atoms with Gasteiger partial charge in [-0.1, -0.05) is 6.07 Å². The highest BCUT2D eigenvalue weighted by Crippen LogP contribution is 2.30. The summed E-state index contributed by atoms with van der Waals surface area (Å²) in [6.07, 6.45) is 3.74. The average molecular weight is 359 g/mol. The van der Waals surface area contributed by atoms with E-state index in [2.05, 4.69) is 53.7 Å². The van der Waals surface area contributed by atoms with Crippen LogP contribution in [0, 0.1) is 0 Å². The molecule has 1 N–H and O–H groups in total. The Bertz CT molecular complexity index is 488. The molecule has 0 bridgehead atoms. The van der Waals surface area contributed by atoms with E-state index >= 15 is 0 Å². The predicted octanol–water partition coefficient (Wildman–Crippen LogP) is 4.04. The summed E-state index contributed by atoms with van der Waals surface area (Å²) in [6.45, 7) is 3.81. The fraction of sp³-hybridized carbons (Fsp3) is 0.250. The molecule has 0 saturated carbocycles.